The molecule has 0 saturated carbocycles. The van der Waals surface area contributed by atoms with E-state index in [1.165, 1.54) is 10.8 Å². The van der Waals surface area contributed by atoms with Crippen LogP contribution in [0.25, 0.3) is 16.7 Å². The predicted octanol–water partition coefficient (Wildman–Crippen LogP) is 2.50. The SMILES string of the molecule is CCOc1ccc(Cn2c(=O)n3ncnc3c3cc(CN4C[C@@H](C)O[C@@H](C)C4)cnc32)cc1. The Balaban J connectivity index is 1.52. The number of morpholine rings is 1. The van der Waals surface area contributed by atoms with E-state index in [2.05, 4.69) is 34.9 Å². The van der Waals surface area contributed by atoms with Gasteiger partial charge in [0.15, 0.2) is 5.65 Å². The molecule has 1 fully saturated rings. The van der Waals surface area contributed by atoms with E-state index in [4.69, 9.17) is 14.5 Å². The van der Waals surface area contributed by atoms with Crippen LogP contribution in [0, 0.1) is 0 Å². The van der Waals surface area contributed by atoms with Gasteiger partial charge < -0.3 is 9.47 Å². The third-order valence-electron chi connectivity index (χ3n) is 5.86. The van der Waals surface area contributed by atoms with Gasteiger partial charge in [-0.2, -0.15) is 9.61 Å². The van der Waals surface area contributed by atoms with E-state index in [9.17, 15) is 4.79 Å². The fraction of sp³-hybridized carbons (Fsp3) is 0.417. The van der Waals surface area contributed by atoms with Crippen LogP contribution in [0.5, 0.6) is 5.75 Å². The minimum absolute atomic E-state index is 0.199. The van der Waals surface area contributed by atoms with E-state index < -0.39 is 0 Å². The molecular formula is C24H28N6O3. The lowest BCUT2D eigenvalue weighted by atomic mass is 10.1. The minimum Gasteiger partial charge on any atom is -0.494 e. The summed E-state index contributed by atoms with van der Waals surface area (Å²) in [5.41, 5.74) is 2.90. The molecule has 9 nitrogen and oxygen atoms in total. The molecule has 0 amide bonds. The first-order valence-corrected chi connectivity index (χ1v) is 11.3. The van der Waals surface area contributed by atoms with Gasteiger partial charge in [0.1, 0.15) is 17.7 Å². The molecule has 0 N–H and O–H groups in total. The highest BCUT2D eigenvalue weighted by Crippen LogP contribution is 2.21. The molecule has 1 aliphatic rings. The third-order valence-corrected chi connectivity index (χ3v) is 5.86. The van der Waals surface area contributed by atoms with Crippen LogP contribution in [0.3, 0.4) is 0 Å². The third kappa shape index (κ3) is 4.34. The molecule has 0 aliphatic carbocycles. The number of aromatic nitrogens is 5. The molecule has 3 aromatic heterocycles. The zero-order valence-corrected chi connectivity index (χ0v) is 19.1. The molecule has 172 valence electrons. The molecule has 4 aromatic rings. The number of pyridine rings is 1. The number of ether oxygens (including phenoxy) is 2. The van der Waals surface area contributed by atoms with Gasteiger partial charge in [0.25, 0.3) is 0 Å². The van der Waals surface area contributed by atoms with Crippen LogP contribution in [-0.2, 0) is 17.8 Å². The average Bonchev–Trinajstić information content (AvgIpc) is 3.28. The monoisotopic (exact) mass is 448 g/mol. The highest BCUT2D eigenvalue weighted by molar-refractivity contribution is 5.89. The standard InChI is InChI=1S/C24H28N6O3/c1-4-32-20-7-5-18(6-8-20)14-29-22-21(23-26-15-27-30(23)24(29)31)9-19(10-25-22)13-28-11-16(2)33-17(3)12-28/h5-10,15-17H,4,11-14H2,1-3H3/t16-,17+. The van der Waals surface area contributed by atoms with Crippen LogP contribution >= 0.6 is 0 Å². The molecule has 4 heterocycles. The molecule has 0 spiro atoms. The number of hydrogen-bond donors (Lipinski definition) is 0. The molecule has 2 atom stereocenters. The summed E-state index contributed by atoms with van der Waals surface area (Å²) in [5.74, 6) is 0.805. The average molecular weight is 449 g/mol. The van der Waals surface area contributed by atoms with Crippen molar-refractivity contribution in [3.8, 4) is 5.75 Å². The normalized spacial score (nSPS) is 19.4. The van der Waals surface area contributed by atoms with Gasteiger partial charge >= 0.3 is 5.69 Å². The Morgan fingerprint density at radius 1 is 1.03 bits per heavy atom. The number of hydrogen-bond acceptors (Lipinski definition) is 7. The Morgan fingerprint density at radius 2 is 1.79 bits per heavy atom. The van der Waals surface area contributed by atoms with Crippen LogP contribution in [-0.4, -0.2) is 61.0 Å². The second-order valence-corrected chi connectivity index (χ2v) is 8.61. The summed E-state index contributed by atoms with van der Waals surface area (Å²) in [6.45, 7) is 9.65. The zero-order chi connectivity index (χ0) is 22.9. The van der Waals surface area contributed by atoms with Crippen molar-refractivity contribution in [3.63, 3.8) is 0 Å². The van der Waals surface area contributed by atoms with Crippen molar-refractivity contribution in [1.82, 2.24) is 29.0 Å². The molecule has 9 heteroatoms. The van der Waals surface area contributed by atoms with Crippen molar-refractivity contribution < 1.29 is 9.47 Å². The van der Waals surface area contributed by atoms with Gasteiger partial charge in [-0.15, -0.1) is 0 Å². The molecule has 1 saturated heterocycles. The smallest absolute Gasteiger partial charge is 0.352 e. The molecule has 0 bridgehead atoms. The van der Waals surface area contributed by atoms with Crippen molar-refractivity contribution in [2.75, 3.05) is 19.7 Å². The first-order valence-electron chi connectivity index (χ1n) is 11.3. The van der Waals surface area contributed by atoms with E-state index in [-0.39, 0.29) is 17.9 Å². The van der Waals surface area contributed by atoms with Gasteiger partial charge in [0, 0.05) is 25.8 Å². The maximum atomic E-state index is 13.2. The van der Waals surface area contributed by atoms with E-state index in [1.807, 2.05) is 37.4 Å². The lowest BCUT2D eigenvalue weighted by Gasteiger charge is -2.35. The number of fused-ring (bicyclic) bond motifs is 3. The maximum absolute atomic E-state index is 13.2. The Hall–Kier alpha value is -3.30. The van der Waals surface area contributed by atoms with Gasteiger partial charge in [-0.1, -0.05) is 12.1 Å². The van der Waals surface area contributed by atoms with Gasteiger partial charge in [0.05, 0.1) is 30.7 Å². The highest BCUT2D eigenvalue weighted by Gasteiger charge is 2.23. The molecule has 5 rings (SSSR count). The zero-order valence-electron chi connectivity index (χ0n) is 19.1. The summed E-state index contributed by atoms with van der Waals surface area (Å²) in [6.07, 6.45) is 3.66. The van der Waals surface area contributed by atoms with Gasteiger partial charge in [-0.25, -0.2) is 14.8 Å². The van der Waals surface area contributed by atoms with E-state index in [0.717, 1.165) is 41.9 Å². The topological polar surface area (TPSA) is 86.8 Å². The van der Waals surface area contributed by atoms with Gasteiger partial charge in [-0.05, 0) is 50.1 Å². The second-order valence-electron chi connectivity index (χ2n) is 8.61. The summed E-state index contributed by atoms with van der Waals surface area (Å²) in [7, 11) is 0. The van der Waals surface area contributed by atoms with E-state index >= 15 is 0 Å². The van der Waals surface area contributed by atoms with Crippen LogP contribution in [0.15, 0.2) is 47.7 Å². The molecule has 0 radical (unpaired) electrons. The van der Waals surface area contributed by atoms with Crippen molar-refractivity contribution in [1.29, 1.82) is 0 Å². The maximum Gasteiger partial charge on any atom is 0.352 e. The summed E-state index contributed by atoms with van der Waals surface area (Å²) in [4.78, 5) is 24.6. The lowest BCUT2D eigenvalue weighted by molar-refractivity contribution is -0.0705. The van der Waals surface area contributed by atoms with Crippen LogP contribution in [0.4, 0.5) is 0 Å². The van der Waals surface area contributed by atoms with E-state index in [0.29, 0.717) is 24.4 Å². The van der Waals surface area contributed by atoms with Crippen molar-refractivity contribution in [2.24, 2.45) is 0 Å². The van der Waals surface area contributed by atoms with Crippen molar-refractivity contribution in [2.45, 2.75) is 46.1 Å². The summed E-state index contributed by atoms with van der Waals surface area (Å²) in [5, 5.41) is 4.98. The first kappa shape index (κ1) is 21.5. The highest BCUT2D eigenvalue weighted by atomic mass is 16.5. The van der Waals surface area contributed by atoms with Crippen LogP contribution in [0.1, 0.15) is 31.9 Å². The Bertz CT molecular complexity index is 1320. The molecule has 33 heavy (non-hydrogen) atoms. The first-order chi connectivity index (χ1) is 16.0. The Kier molecular flexibility index (Phi) is 5.82. The molecule has 1 aromatic carbocycles. The largest absolute Gasteiger partial charge is 0.494 e. The Morgan fingerprint density at radius 3 is 2.52 bits per heavy atom. The summed E-state index contributed by atoms with van der Waals surface area (Å²) >= 11 is 0. The van der Waals surface area contributed by atoms with Crippen LogP contribution in [0.2, 0.25) is 0 Å². The fourth-order valence-electron chi connectivity index (χ4n) is 4.59. The summed E-state index contributed by atoms with van der Waals surface area (Å²) in [6, 6.07) is 9.82. The predicted molar refractivity (Wildman–Crippen MR) is 125 cm³/mol. The van der Waals surface area contributed by atoms with Crippen LogP contribution < -0.4 is 10.4 Å². The lowest BCUT2D eigenvalue weighted by Crippen LogP contribution is -2.44. The van der Waals surface area contributed by atoms with Crippen molar-refractivity contribution >= 4 is 16.7 Å². The molecular weight excluding hydrogens is 420 g/mol. The number of rotatable bonds is 6. The Labute approximate surface area is 191 Å². The van der Waals surface area contributed by atoms with Gasteiger partial charge in [0.2, 0.25) is 0 Å². The quantitative estimate of drug-likeness (QED) is 0.448. The van der Waals surface area contributed by atoms with Crippen molar-refractivity contribution in [3.05, 3.63) is 64.5 Å². The van der Waals surface area contributed by atoms with Gasteiger partial charge in [-0.3, -0.25) is 9.47 Å². The summed E-state index contributed by atoms with van der Waals surface area (Å²) < 4.78 is 14.4. The minimum atomic E-state index is -0.264. The second kappa shape index (κ2) is 8.92. The van der Waals surface area contributed by atoms with E-state index in [1.54, 1.807) is 4.57 Å². The fourth-order valence-corrected chi connectivity index (χ4v) is 4.59. The molecule has 0 unspecified atom stereocenters. The number of nitrogens with zero attached hydrogens (tertiary/aromatic N) is 6. The number of benzene rings is 1. The molecule has 1 aliphatic heterocycles.